The van der Waals surface area contributed by atoms with E-state index in [0.29, 0.717) is 17.3 Å². The van der Waals surface area contributed by atoms with E-state index in [0.717, 1.165) is 27.3 Å². The van der Waals surface area contributed by atoms with E-state index in [4.69, 9.17) is 16.3 Å². The van der Waals surface area contributed by atoms with Crippen molar-refractivity contribution < 1.29 is 14.3 Å². The normalized spacial score (nSPS) is 15.5. The van der Waals surface area contributed by atoms with Crippen LogP contribution in [0.3, 0.4) is 0 Å². The summed E-state index contributed by atoms with van der Waals surface area (Å²) >= 11 is 6.00. The summed E-state index contributed by atoms with van der Waals surface area (Å²) < 4.78 is 5.75. The Morgan fingerprint density at radius 3 is 2.61 bits per heavy atom. The number of benzene rings is 2. The second-order valence-corrected chi connectivity index (χ2v) is 7.38. The maximum atomic E-state index is 12.8. The third kappa shape index (κ3) is 3.90. The Balaban J connectivity index is 1.99. The van der Waals surface area contributed by atoms with Gasteiger partial charge in [0.1, 0.15) is 11.4 Å². The monoisotopic (exact) mass is 398 g/mol. The van der Waals surface area contributed by atoms with Gasteiger partial charge < -0.3 is 10.1 Å². The van der Waals surface area contributed by atoms with Crippen LogP contribution >= 0.6 is 11.6 Å². The highest BCUT2D eigenvalue weighted by atomic mass is 35.5. The minimum absolute atomic E-state index is 0.229. The highest BCUT2D eigenvalue weighted by molar-refractivity contribution is 6.32. The molecule has 0 saturated carbocycles. The number of aryl methyl sites for hydroxylation is 1. The maximum Gasteiger partial charge on any atom is 0.333 e. The molecule has 1 saturated heterocycles. The fourth-order valence-corrected chi connectivity index (χ4v) is 3.33. The Morgan fingerprint density at radius 2 is 1.96 bits per heavy atom. The van der Waals surface area contributed by atoms with E-state index < -0.39 is 11.9 Å². The van der Waals surface area contributed by atoms with E-state index in [1.165, 1.54) is 0 Å². The smallest absolute Gasteiger partial charge is 0.333 e. The molecule has 3 amide bonds. The second-order valence-electron chi connectivity index (χ2n) is 6.94. The molecular weight excluding hydrogens is 376 g/mol. The molecule has 1 aliphatic heterocycles. The SMILES string of the molecule is CCOc1cc(C)c(/C=C2/NC(=O)N(c3cccc(Cl)c3)C2=O)cc1C(C)C. The minimum atomic E-state index is -0.494. The Bertz CT molecular complexity index is 966. The molecule has 0 spiro atoms. The summed E-state index contributed by atoms with van der Waals surface area (Å²) in [7, 11) is 0. The molecule has 1 N–H and O–H groups in total. The van der Waals surface area contributed by atoms with Gasteiger partial charge in [0.05, 0.1) is 12.3 Å². The van der Waals surface area contributed by atoms with Crippen LogP contribution in [-0.2, 0) is 4.79 Å². The zero-order valence-corrected chi connectivity index (χ0v) is 17.1. The van der Waals surface area contributed by atoms with Gasteiger partial charge in [0.25, 0.3) is 5.91 Å². The predicted octanol–water partition coefficient (Wildman–Crippen LogP) is 5.27. The van der Waals surface area contributed by atoms with Crippen molar-refractivity contribution in [3.05, 3.63) is 63.8 Å². The van der Waals surface area contributed by atoms with Gasteiger partial charge in [-0.25, -0.2) is 9.69 Å². The molecule has 0 unspecified atom stereocenters. The van der Waals surface area contributed by atoms with Gasteiger partial charge in [-0.3, -0.25) is 4.79 Å². The Hall–Kier alpha value is -2.79. The highest BCUT2D eigenvalue weighted by Gasteiger charge is 2.35. The van der Waals surface area contributed by atoms with Gasteiger partial charge in [-0.15, -0.1) is 0 Å². The Morgan fingerprint density at radius 1 is 1.21 bits per heavy atom. The number of hydrogen-bond donors (Lipinski definition) is 1. The zero-order valence-electron chi connectivity index (χ0n) is 16.4. The summed E-state index contributed by atoms with van der Waals surface area (Å²) in [5.41, 5.74) is 3.55. The van der Waals surface area contributed by atoms with Gasteiger partial charge in [0, 0.05) is 5.02 Å². The summed E-state index contributed by atoms with van der Waals surface area (Å²) in [6.07, 6.45) is 1.71. The van der Waals surface area contributed by atoms with Crippen molar-refractivity contribution >= 4 is 35.3 Å². The number of halogens is 1. The first-order valence-corrected chi connectivity index (χ1v) is 9.59. The Labute approximate surface area is 169 Å². The van der Waals surface area contributed by atoms with Crippen molar-refractivity contribution in [3.8, 4) is 5.75 Å². The van der Waals surface area contributed by atoms with Crippen LogP contribution in [0, 0.1) is 6.92 Å². The first kappa shape index (κ1) is 20.0. The van der Waals surface area contributed by atoms with Crippen LogP contribution in [0.1, 0.15) is 43.4 Å². The summed E-state index contributed by atoms with van der Waals surface area (Å²) in [6, 6.07) is 10.1. The van der Waals surface area contributed by atoms with E-state index in [-0.39, 0.29) is 11.6 Å². The number of nitrogens with zero attached hydrogens (tertiary/aromatic N) is 1. The van der Waals surface area contributed by atoms with Crippen LogP contribution in [0.2, 0.25) is 5.02 Å². The van der Waals surface area contributed by atoms with Crippen molar-refractivity contribution in [2.75, 3.05) is 11.5 Å². The summed E-state index contributed by atoms with van der Waals surface area (Å²) in [6.45, 7) is 8.67. The molecule has 1 fully saturated rings. The number of urea groups is 1. The standard InChI is InChI=1S/C22H23ClN2O3/c1-5-28-20-9-14(4)15(10-18(20)13(2)3)11-19-21(26)25(22(27)24-19)17-8-6-7-16(23)12-17/h6-13H,5H2,1-4H3,(H,24,27)/b19-11+. The van der Waals surface area contributed by atoms with Gasteiger partial charge in [-0.2, -0.15) is 0 Å². The molecule has 0 bridgehead atoms. The predicted molar refractivity (Wildman–Crippen MR) is 112 cm³/mol. The fraction of sp³-hybridized carbons (Fsp3) is 0.273. The van der Waals surface area contributed by atoms with E-state index in [9.17, 15) is 9.59 Å². The lowest BCUT2D eigenvalue weighted by molar-refractivity contribution is -0.113. The van der Waals surface area contributed by atoms with Crippen LogP contribution in [0.5, 0.6) is 5.75 Å². The zero-order chi connectivity index (χ0) is 20.4. The molecular formula is C22H23ClN2O3. The largest absolute Gasteiger partial charge is 0.494 e. The lowest BCUT2D eigenvalue weighted by Crippen LogP contribution is -2.30. The van der Waals surface area contributed by atoms with Crippen molar-refractivity contribution in [2.45, 2.75) is 33.6 Å². The molecule has 0 atom stereocenters. The average Bonchev–Trinajstić information content (AvgIpc) is 2.90. The number of nitrogens with one attached hydrogen (secondary N) is 1. The minimum Gasteiger partial charge on any atom is -0.494 e. The molecule has 6 heteroatoms. The number of ether oxygens (including phenoxy) is 1. The van der Waals surface area contributed by atoms with Crippen LogP contribution in [0.25, 0.3) is 6.08 Å². The molecule has 0 aliphatic carbocycles. The lowest BCUT2D eigenvalue weighted by atomic mass is 9.96. The van der Waals surface area contributed by atoms with Crippen molar-refractivity contribution in [1.29, 1.82) is 0 Å². The van der Waals surface area contributed by atoms with Crippen LogP contribution in [0.4, 0.5) is 10.5 Å². The highest BCUT2D eigenvalue weighted by Crippen LogP contribution is 2.32. The second kappa shape index (κ2) is 8.07. The number of hydrogen-bond acceptors (Lipinski definition) is 3. The van der Waals surface area contributed by atoms with Crippen LogP contribution in [-0.4, -0.2) is 18.5 Å². The van der Waals surface area contributed by atoms with E-state index in [1.807, 2.05) is 26.0 Å². The van der Waals surface area contributed by atoms with Gasteiger partial charge >= 0.3 is 6.03 Å². The number of carbonyl (C=O) groups excluding carboxylic acids is 2. The lowest BCUT2D eigenvalue weighted by Gasteiger charge is -2.16. The number of anilines is 1. The van der Waals surface area contributed by atoms with Gasteiger partial charge in [0.2, 0.25) is 0 Å². The van der Waals surface area contributed by atoms with Gasteiger partial charge in [-0.05, 0) is 72.9 Å². The third-order valence-corrected chi connectivity index (χ3v) is 4.80. The molecule has 146 valence electrons. The first-order chi connectivity index (χ1) is 13.3. The molecule has 5 nitrogen and oxygen atoms in total. The van der Waals surface area contributed by atoms with Crippen molar-refractivity contribution in [1.82, 2.24) is 5.32 Å². The molecule has 3 rings (SSSR count). The van der Waals surface area contributed by atoms with Crippen molar-refractivity contribution in [2.24, 2.45) is 0 Å². The fourth-order valence-electron chi connectivity index (χ4n) is 3.14. The molecule has 0 aromatic heterocycles. The molecule has 0 radical (unpaired) electrons. The number of amides is 3. The molecule has 1 aliphatic rings. The number of imide groups is 1. The molecule has 2 aromatic carbocycles. The summed E-state index contributed by atoms with van der Waals surface area (Å²) in [4.78, 5) is 26.3. The first-order valence-electron chi connectivity index (χ1n) is 9.21. The van der Waals surface area contributed by atoms with E-state index in [2.05, 4.69) is 19.2 Å². The van der Waals surface area contributed by atoms with Crippen LogP contribution < -0.4 is 15.0 Å². The summed E-state index contributed by atoms with van der Waals surface area (Å²) in [5, 5.41) is 3.12. The van der Waals surface area contributed by atoms with Crippen molar-refractivity contribution in [3.63, 3.8) is 0 Å². The van der Waals surface area contributed by atoms with E-state index >= 15 is 0 Å². The number of carbonyl (C=O) groups is 2. The Kier molecular flexibility index (Phi) is 5.75. The quantitative estimate of drug-likeness (QED) is 0.551. The molecule has 28 heavy (non-hydrogen) atoms. The molecule has 1 heterocycles. The number of rotatable bonds is 5. The molecule has 2 aromatic rings. The maximum absolute atomic E-state index is 12.8. The van der Waals surface area contributed by atoms with Gasteiger partial charge in [-0.1, -0.05) is 31.5 Å². The topological polar surface area (TPSA) is 58.6 Å². The van der Waals surface area contributed by atoms with E-state index in [1.54, 1.807) is 30.3 Å². The average molecular weight is 399 g/mol. The van der Waals surface area contributed by atoms with Gasteiger partial charge in [0.15, 0.2) is 0 Å². The van der Waals surface area contributed by atoms with Crippen LogP contribution in [0.15, 0.2) is 42.1 Å². The summed E-state index contributed by atoms with van der Waals surface area (Å²) in [5.74, 6) is 0.697. The third-order valence-electron chi connectivity index (χ3n) is 4.56.